The number of hydrogen-bond donors (Lipinski definition) is 2. The molecule has 1 aromatic carbocycles. The first-order chi connectivity index (χ1) is 25.4. The van der Waals surface area contributed by atoms with E-state index in [2.05, 4.69) is 67.3 Å². The number of esters is 1. The van der Waals surface area contributed by atoms with Gasteiger partial charge in [0.15, 0.2) is 0 Å². The van der Waals surface area contributed by atoms with Gasteiger partial charge in [-0.05, 0) is 87.1 Å². The lowest BCUT2D eigenvalue weighted by Gasteiger charge is -2.39. The summed E-state index contributed by atoms with van der Waals surface area (Å²) < 4.78 is 14.3. The van der Waals surface area contributed by atoms with Crippen molar-refractivity contribution in [1.29, 1.82) is 0 Å². The quantitative estimate of drug-likeness (QED) is 0.223. The highest BCUT2D eigenvalue weighted by molar-refractivity contribution is 7.10. The van der Waals surface area contributed by atoms with E-state index < -0.39 is 17.5 Å². The average molecular weight is 739 g/mol. The van der Waals surface area contributed by atoms with E-state index in [4.69, 9.17) is 19.4 Å². The molecule has 2 N–H and O–H groups in total. The minimum atomic E-state index is -0.816. The molecular formula is C41H50N6O5S. The normalized spacial score (nSPS) is 25.5. The van der Waals surface area contributed by atoms with Crippen LogP contribution in [0.4, 0.5) is 0 Å². The van der Waals surface area contributed by atoms with Crippen LogP contribution in [-0.4, -0.2) is 69.7 Å². The number of nitrogens with zero attached hydrogens (tertiary/aromatic N) is 4. The topological polar surface area (TPSA) is 128 Å². The standard InChI is InChI=1S/C41H50N6O5S/c1-7-46-33-11-10-25-16-28(33)29(36(46)26-9-8-14-42-35(26)24(3)51-6)18-40(4,5)22-52-39(50)31-19-41(12-13-41)21-47(45-31)38(49)30(17-34-43-32(25)20-53-34)44-37(48)27-15-23(27)2/h8-11,14,16,20,23-24,27,30-31,45H,7,12-13,15,17-19,21-22H2,1-6H3,(H,44,48)/t23-,24-,27-,30-,31-/m0/s1. The highest BCUT2D eigenvalue weighted by Crippen LogP contribution is 2.52. The minimum absolute atomic E-state index is 0.0837. The predicted molar refractivity (Wildman–Crippen MR) is 204 cm³/mol. The first kappa shape index (κ1) is 35.9. The number of aromatic nitrogens is 3. The molecule has 11 nitrogen and oxygen atoms in total. The summed E-state index contributed by atoms with van der Waals surface area (Å²) in [6, 6.07) is 9.11. The molecule has 5 atom stereocenters. The Labute approximate surface area is 314 Å². The number of hydrazine groups is 1. The van der Waals surface area contributed by atoms with Crippen molar-refractivity contribution in [3.8, 4) is 22.5 Å². The molecule has 1 saturated heterocycles. The molecule has 3 aromatic heterocycles. The number of rotatable bonds is 6. The third-order valence-corrected chi connectivity index (χ3v) is 12.7. The van der Waals surface area contributed by atoms with E-state index >= 15 is 0 Å². The molecule has 4 aromatic rings. The number of nitrogens with one attached hydrogen (secondary N) is 2. The van der Waals surface area contributed by atoms with Crippen molar-refractivity contribution in [2.45, 2.75) is 97.9 Å². The number of ether oxygens (including phenoxy) is 2. The van der Waals surface area contributed by atoms with Gasteiger partial charge >= 0.3 is 5.97 Å². The number of pyridine rings is 1. The lowest BCUT2D eigenvalue weighted by atomic mass is 9.84. The summed E-state index contributed by atoms with van der Waals surface area (Å²) in [7, 11) is 1.70. The van der Waals surface area contributed by atoms with Crippen LogP contribution in [0, 0.1) is 22.7 Å². The second-order valence-corrected chi connectivity index (χ2v) is 17.5. The Hall–Kier alpha value is -4.13. The van der Waals surface area contributed by atoms with E-state index in [1.807, 2.05) is 24.6 Å². The lowest BCUT2D eigenvalue weighted by molar-refractivity contribution is -0.157. The first-order valence-electron chi connectivity index (χ1n) is 19.0. The fourth-order valence-electron chi connectivity index (χ4n) is 8.34. The third kappa shape index (κ3) is 6.89. The number of aryl methyl sites for hydroxylation is 1. The minimum Gasteiger partial charge on any atom is -0.464 e. The van der Waals surface area contributed by atoms with Crippen molar-refractivity contribution >= 4 is 40.0 Å². The van der Waals surface area contributed by atoms with Gasteiger partial charge in [-0.25, -0.2) is 10.4 Å². The third-order valence-electron chi connectivity index (χ3n) is 11.8. The second-order valence-electron chi connectivity index (χ2n) is 16.6. The number of cyclic esters (lactones) is 1. The second kappa shape index (κ2) is 13.6. The van der Waals surface area contributed by atoms with E-state index in [0.717, 1.165) is 75.5 Å². The number of amides is 2. The zero-order chi connectivity index (χ0) is 37.2. The highest BCUT2D eigenvalue weighted by Gasteiger charge is 2.52. The Kier molecular flexibility index (Phi) is 9.22. The molecule has 2 amide bonds. The smallest absolute Gasteiger partial charge is 0.325 e. The van der Waals surface area contributed by atoms with Crippen molar-refractivity contribution in [3.63, 3.8) is 0 Å². The molecule has 0 unspecified atom stereocenters. The number of hydrogen-bond acceptors (Lipinski definition) is 9. The summed E-state index contributed by atoms with van der Waals surface area (Å²) in [5.74, 6) is -0.484. The molecule has 2 aliphatic heterocycles. The number of methoxy groups -OCH3 is 1. The van der Waals surface area contributed by atoms with Crippen LogP contribution >= 0.6 is 11.3 Å². The molecule has 1 spiro atoms. The molecule has 2 aliphatic carbocycles. The van der Waals surface area contributed by atoms with Crippen molar-refractivity contribution < 1.29 is 23.9 Å². The van der Waals surface area contributed by atoms with Gasteiger partial charge in [-0.2, -0.15) is 0 Å². The maximum Gasteiger partial charge on any atom is 0.325 e. The van der Waals surface area contributed by atoms with Crippen molar-refractivity contribution in [2.24, 2.45) is 22.7 Å². The monoisotopic (exact) mass is 738 g/mol. The summed E-state index contributed by atoms with van der Waals surface area (Å²) >= 11 is 1.50. The number of carbonyl (C=O) groups excluding carboxylic acids is 3. The molecule has 12 heteroatoms. The Balaban J connectivity index is 1.25. The van der Waals surface area contributed by atoms with Gasteiger partial charge < -0.3 is 19.4 Å². The maximum absolute atomic E-state index is 14.3. The van der Waals surface area contributed by atoms with Gasteiger partial charge in [0, 0.05) is 71.6 Å². The molecule has 5 heterocycles. The van der Waals surface area contributed by atoms with E-state index in [0.29, 0.717) is 25.3 Å². The molecule has 3 fully saturated rings. The van der Waals surface area contributed by atoms with Crippen molar-refractivity contribution in [3.05, 3.63) is 58.2 Å². The summed E-state index contributed by atoms with van der Waals surface area (Å²) in [4.78, 5) is 51.4. The average Bonchev–Trinajstić information content (AvgIpc) is 3.99. The zero-order valence-electron chi connectivity index (χ0n) is 31.5. The van der Waals surface area contributed by atoms with Crippen LogP contribution in [0.15, 0.2) is 41.9 Å². The molecule has 0 radical (unpaired) electrons. The Morgan fingerprint density at radius 2 is 2.02 bits per heavy atom. The van der Waals surface area contributed by atoms with Gasteiger partial charge in [0.1, 0.15) is 12.1 Å². The molecular weight excluding hydrogens is 689 g/mol. The van der Waals surface area contributed by atoms with E-state index in [1.165, 1.54) is 11.3 Å². The predicted octanol–water partition coefficient (Wildman–Crippen LogP) is 6.25. The number of fused-ring (bicyclic) bond motifs is 6. The van der Waals surface area contributed by atoms with Crippen LogP contribution < -0.4 is 10.7 Å². The van der Waals surface area contributed by atoms with Crippen LogP contribution in [-0.2, 0) is 43.2 Å². The van der Waals surface area contributed by atoms with Crippen LogP contribution in [0.25, 0.3) is 33.4 Å². The lowest BCUT2D eigenvalue weighted by Crippen LogP contribution is -2.63. The molecule has 53 heavy (non-hydrogen) atoms. The molecule has 2 saturated carbocycles. The van der Waals surface area contributed by atoms with Gasteiger partial charge in [-0.1, -0.05) is 26.8 Å². The fourth-order valence-corrected chi connectivity index (χ4v) is 9.19. The molecule has 4 aliphatic rings. The Bertz CT molecular complexity index is 2080. The summed E-state index contributed by atoms with van der Waals surface area (Å²) in [5, 5.41) is 8.57. The van der Waals surface area contributed by atoms with Gasteiger partial charge in [-0.3, -0.25) is 24.4 Å². The number of benzene rings is 1. The van der Waals surface area contributed by atoms with Gasteiger partial charge in [0.05, 0.1) is 34.8 Å². The Morgan fingerprint density at radius 1 is 1.23 bits per heavy atom. The van der Waals surface area contributed by atoms with Gasteiger partial charge in [0.25, 0.3) is 5.91 Å². The fraction of sp³-hybridized carbons (Fsp3) is 0.537. The summed E-state index contributed by atoms with van der Waals surface area (Å²) in [6.45, 7) is 11.9. The number of carbonyl (C=O) groups is 3. The maximum atomic E-state index is 14.3. The van der Waals surface area contributed by atoms with Crippen molar-refractivity contribution in [2.75, 3.05) is 20.3 Å². The highest BCUT2D eigenvalue weighted by atomic mass is 32.1. The van der Waals surface area contributed by atoms with Crippen LogP contribution in [0.1, 0.15) is 82.7 Å². The van der Waals surface area contributed by atoms with Crippen LogP contribution in [0.2, 0.25) is 0 Å². The molecule has 280 valence electrons. The summed E-state index contributed by atoms with van der Waals surface area (Å²) in [5.41, 5.74) is 9.69. The number of thiazole rings is 1. The van der Waals surface area contributed by atoms with Crippen LogP contribution in [0.3, 0.4) is 0 Å². The SMILES string of the molecule is CCn1c(-c2cccnc2[C@H](C)OC)c2c3cc(ccc31)-c1csc(n1)C[C@H](NC(=O)[C@H]1C[C@@H]1C)C(=O)N1CC3(CC3)C[C@H](N1)C(=O)OCC(C)(C)C2. The van der Waals surface area contributed by atoms with Gasteiger partial charge in [-0.15, -0.1) is 11.3 Å². The van der Waals surface area contributed by atoms with E-state index in [-0.39, 0.29) is 48.2 Å². The summed E-state index contributed by atoms with van der Waals surface area (Å²) in [6.07, 6.45) is 5.82. The largest absolute Gasteiger partial charge is 0.464 e. The van der Waals surface area contributed by atoms with Crippen molar-refractivity contribution in [1.82, 2.24) is 30.3 Å². The molecule has 8 rings (SSSR count). The van der Waals surface area contributed by atoms with E-state index in [1.54, 1.807) is 12.1 Å². The van der Waals surface area contributed by atoms with E-state index in [9.17, 15) is 14.4 Å². The van der Waals surface area contributed by atoms with Gasteiger partial charge in [0.2, 0.25) is 5.91 Å². The van der Waals surface area contributed by atoms with Crippen LogP contribution in [0.5, 0.6) is 0 Å². The first-order valence-corrected chi connectivity index (χ1v) is 19.9. The Morgan fingerprint density at radius 3 is 2.74 bits per heavy atom. The molecule has 6 bridgehead atoms. The zero-order valence-corrected chi connectivity index (χ0v) is 32.3.